The van der Waals surface area contributed by atoms with Crippen molar-refractivity contribution in [3.05, 3.63) is 95.6 Å². The molecule has 0 unspecified atom stereocenters. The van der Waals surface area contributed by atoms with Crippen LogP contribution in [-0.4, -0.2) is 15.9 Å². The van der Waals surface area contributed by atoms with Crippen LogP contribution in [0, 0.1) is 13.8 Å². The Balaban J connectivity index is 1.51. The molecule has 146 valence electrons. The van der Waals surface area contributed by atoms with Gasteiger partial charge in [-0.05, 0) is 66.1 Å². The number of hydrogen-bond acceptors (Lipinski definition) is 2. The maximum absolute atomic E-state index is 13.1. The highest BCUT2D eigenvalue weighted by Gasteiger charge is 2.13. The van der Waals surface area contributed by atoms with Crippen LogP contribution >= 0.6 is 0 Å². The molecule has 4 heteroatoms. The number of H-pyrrole nitrogens is 1. The third-order valence-corrected chi connectivity index (χ3v) is 5.53. The number of carbonyl (C=O) groups excluding carboxylic acids is 1. The maximum atomic E-state index is 13.1. The topological polar surface area (TPSA) is 57.8 Å². The predicted octanol–water partition coefficient (Wildman–Crippen LogP) is 6.25. The average molecular weight is 391 g/mol. The van der Waals surface area contributed by atoms with Gasteiger partial charge in [0.05, 0.1) is 11.0 Å². The summed E-state index contributed by atoms with van der Waals surface area (Å²) in [5.41, 5.74) is 6.54. The molecule has 0 bridgehead atoms. The van der Waals surface area contributed by atoms with E-state index in [0.717, 1.165) is 50.0 Å². The molecule has 1 aromatic heterocycles. The Bertz CT molecular complexity index is 1380. The van der Waals surface area contributed by atoms with Crippen LogP contribution < -0.4 is 5.32 Å². The third kappa shape index (κ3) is 3.12. The molecule has 30 heavy (non-hydrogen) atoms. The summed E-state index contributed by atoms with van der Waals surface area (Å²) < 4.78 is 0. The van der Waals surface area contributed by atoms with E-state index < -0.39 is 0 Å². The van der Waals surface area contributed by atoms with Crippen molar-refractivity contribution in [3.63, 3.8) is 0 Å². The Labute approximate surface area is 174 Å². The molecule has 0 aliphatic rings. The lowest BCUT2D eigenvalue weighted by molar-refractivity contribution is 0.102. The van der Waals surface area contributed by atoms with Crippen molar-refractivity contribution in [3.8, 4) is 11.4 Å². The lowest BCUT2D eigenvalue weighted by Gasteiger charge is -2.11. The number of rotatable bonds is 3. The van der Waals surface area contributed by atoms with Gasteiger partial charge in [-0.25, -0.2) is 4.98 Å². The number of fused-ring (bicyclic) bond motifs is 2. The van der Waals surface area contributed by atoms with Crippen molar-refractivity contribution in [2.24, 2.45) is 0 Å². The molecule has 0 spiro atoms. The fourth-order valence-electron chi connectivity index (χ4n) is 3.88. The van der Waals surface area contributed by atoms with Crippen LogP contribution in [-0.2, 0) is 0 Å². The predicted molar refractivity (Wildman–Crippen MR) is 123 cm³/mol. The summed E-state index contributed by atoms with van der Waals surface area (Å²) in [5.74, 6) is 0.677. The number of nitrogens with one attached hydrogen (secondary N) is 2. The second kappa shape index (κ2) is 7.16. The Morgan fingerprint density at radius 2 is 1.57 bits per heavy atom. The van der Waals surface area contributed by atoms with Crippen LogP contribution in [0.4, 0.5) is 5.69 Å². The van der Waals surface area contributed by atoms with E-state index in [0.29, 0.717) is 5.56 Å². The van der Waals surface area contributed by atoms with E-state index in [1.54, 1.807) is 0 Å². The standard InChI is InChI=1S/C26H21N3O/c1-16-12-14-21(20-8-4-3-7-19(16)20)26(30)27-18-13-11-17(2)22(15-18)25-28-23-9-5-6-10-24(23)29-25/h3-15H,1-2H3,(H,27,30)(H,28,29). The molecule has 4 aromatic carbocycles. The van der Waals surface area contributed by atoms with Crippen LogP contribution in [0.25, 0.3) is 33.2 Å². The Hall–Kier alpha value is -3.92. The Morgan fingerprint density at radius 3 is 2.40 bits per heavy atom. The fraction of sp³-hybridized carbons (Fsp3) is 0.0769. The number of imidazole rings is 1. The molecule has 4 nitrogen and oxygen atoms in total. The minimum absolute atomic E-state index is 0.120. The second-order valence-corrected chi connectivity index (χ2v) is 7.56. The van der Waals surface area contributed by atoms with Crippen molar-refractivity contribution in [2.75, 3.05) is 5.32 Å². The first-order valence-corrected chi connectivity index (χ1v) is 9.95. The number of aromatic nitrogens is 2. The van der Waals surface area contributed by atoms with Gasteiger partial charge >= 0.3 is 0 Å². The molecule has 0 atom stereocenters. The van der Waals surface area contributed by atoms with Gasteiger partial charge in [0.1, 0.15) is 5.82 Å². The van der Waals surface area contributed by atoms with Crippen LogP contribution in [0.3, 0.4) is 0 Å². The van der Waals surface area contributed by atoms with Crippen LogP contribution in [0.2, 0.25) is 0 Å². The first kappa shape index (κ1) is 18.1. The minimum atomic E-state index is -0.120. The third-order valence-electron chi connectivity index (χ3n) is 5.53. The van der Waals surface area contributed by atoms with E-state index in [1.165, 1.54) is 0 Å². The SMILES string of the molecule is Cc1ccc(NC(=O)c2ccc(C)c3ccccc23)cc1-c1nc2ccccc2[nH]1. The van der Waals surface area contributed by atoms with Crippen molar-refractivity contribution in [1.82, 2.24) is 9.97 Å². The zero-order valence-corrected chi connectivity index (χ0v) is 16.9. The molecule has 0 aliphatic carbocycles. The largest absolute Gasteiger partial charge is 0.338 e. The number of aromatic amines is 1. The maximum Gasteiger partial charge on any atom is 0.256 e. The van der Waals surface area contributed by atoms with Gasteiger partial charge in [0, 0.05) is 16.8 Å². The van der Waals surface area contributed by atoms with Crippen LogP contribution in [0.15, 0.2) is 78.9 Å². The normalized spacial score (nSPS) is 11.1. The van der Waals surface area contributed by atoms with E-state index in [-0.39, 0.29) is 5.91 Å². The molecule has 1 amide bonds. The highest BCUT2D eigenvalue weighted by molar-refractivity contribution is 6.13. The summed E-state index contributed by atoms with van der Waals surface area (Å²) in [5, 5.41) is 5.11. The first-order chi connectivity index (χ1) is 14.6. The second-order valence-electron chi connectivity index (χ2n) is 7.56. The lowest BCUT2D eigenvalue weighted by Crippen LogP contribution is -2.12. The highest BCUT2D eigenvalue weighted by atomic mass is 16.1. The number of carbonyl (C=O) groups is 1. The molecule has 5 rings (SSSR count). The van der Waals surface area contributed by atoms with Crippen molar-refractivity contribution in [1.29, 1.82) is 0 Å². The zero-order chi connectivity index (χ0) is 20.7. The molecule has 2 N–H and O–H groups in total. The van der Waals surface area contributed by atoms with Gasteiger partial charge in [0.15, 0.2) is 0 Å². The van der Waals surface area contributed by atoms with Gasteiger partial charge in [-0.15, -0.1) is 0 Å². The van der Waals surface area contributed by atoms with Crippen LogP contribution in [0.5, 0.6) is 0 Å². The molecule has 1 heterocycles. The van der Waals surface area contributed by atoms with Gasteiger partial charge in [-0.2, -0.15) is 0 Å². The van der Waals surface area contributed by atoms with E-state index in [1.807, 2.05) is 85.8 Å². The van der Waals surface area contributed by atoms with Gasteiger partial charge in [-0.3, -0.25) is 4.79 Å². The van der Waals surface area contributed by atoms with Gasteiger partial charge in [0.25, 0.3) is 5.91 Å². The number of nitrogens with zero attached hydrogens (tertiary/aromatic N) is 1. The van der Waals surface area contributed by atoms with Crippen molar-refractivity contribution >= 4 is 33.4 Å². The quantitative estimate of drug-likeness (QED) is 0.382. The first-order valence-electron chi connectivity index (χ1n) is 9.95. The lowest BCUT2D eigenvalue weighted by atomic mass is 9.99. The van der Waals surface area contributed by atoms with Crippen molar-refractivity contribution < 1.29 is 4.79 Å². The molecule has 0 saturated carbocycles. The smallest absolute Gasteiger partial charge is 0.256 e. The summed E-state index contributed by atoms with van der Waals surface area (Å²) in [6, 6.07) is 25.7. The number of benzene rings is 4. The van der Waals surface area contributed by atoms with E-state index in [4.69, 9.17) is 4.98 Å². The van der Waals surface area contributed by atoms with Gasteiger partial charge in [-0.1, -0.05) is 48.5 Å². The number of anilines is 1. The zero-order valence-electron chi connectivity index (χ0n) is 16.9. The average Bonchev–Trinajstić information content (AvgIpc) is 3.19. The van der Waals surface area contributed by atoms with Gasteiger partial charge in [0.2, 0.25) is 0 Å². The Morgan fingerprint density at radius 1 is 0.833 bits per heavy atom. The molecule has 0 fully saturated rings. The number of amides is 1. The monoisotopic (exact) mass is 391 g/mol. The molecule has 0 radical (unpaired) electrons. The Kier molecular flexibility index (Phi) is 4.32. The fourth-order valence-corrected chi connectivity index (χ4v) is 3.88. The summed E-state index contributed by atoms with van der Waals surface area (Å²) in [7, 11) is 0. The number of aryl methyl sites for hydroxylation is 2. The summed E-state index contributed by atoms with van der Waals surface area (Å²) >= 11 is 0. The van der Waals surface area contributed by atoms with Crippen molar-refractivity contribution in [2.45, 2.75) is 13.8 Å². The molecular formula is C26H21N3O. The number of hydrogen-bond donors (Lipinski definition) is 2. The molecular weight excluding hydrogens is 370 g/mol. The number of para-hydroxylation sites is 2. The van der Waals surface area contributed by atoms with E-state index >= 15 is 0 Å². The molecule has 0 aliphatic heterocycles. The highest BCUT2D eigenvalue weighted by Crippen LogP contribution is 2.28. The van der Waals surface area contributed by atoms with Crippen LogP contribution in [0.1, 0.15) is 21.5 Å². The summed E-state index contributed by atoms with van der Waals surface area (Å²) in [4.78, 5) is 21.2. The molecule has 0 saturated heterocycles. The van der Waals surface area contributed by atoms with E-state index in [2.05, 4.69) is 17.2 Å². The van der Waals surface area contributed by atoms with E-state index in [9.17, 15) is 4.79 Å². The molecule has 5 aromatic rings. The van der Waals surface area contributed by atoms with Gasteiger partial charge < -0.3 is 10.3 Å². The summed E-state index contributed by atoms with van der Waals surface area (Å²) in [6.07, 6.45) is 0. The summed E-state index contributed by atoms with van der Waals surface area (Å²) in [6.45, 7) is 4.10. The minimum Gasteiger partial charge on any atom is -0.338 e.